The van der Waals surface area contributed by atoms with Crippen molar-refractivity contribution in [2.24, 2.45) is 10.2 Å². The zero-order valence-corrected chi connectivity index (χ0v) is 22.6. The topological polar surface area (TPSA) is 221 Å². The number of rotatable bonds is 15. The third-order valence-corrected chi connectivity index (χ3v) is 6.96. The number of hydrogen-bond donors (Lipinski definition) is 4. The van der Waals surface area contributed by atoms with Gasteiger partial charge in [-0.1, -0.05) is 5.04 Å². The molecule has 2 aromatic carbocycles. The first-order valence-electron chi connectivity index (χ1n) is 10.2. The van der Waals surface area contributed by atoms with E-state index >= 15 is 0 Å². The molecule has 0 unspecified atom stereocenters. The molecule has 0 radical (unpaired) electrons. The third-order valence-electron chi connectivity index (χ3n) is 4.37. The Bertz CT molecular complexity index is 1370. The first kappa shape index (κ1) is 31.2. The summed E-state index contributed by atoms with van der Waals surface area (Å²) in [5.74, 6) is -1.70. The second kappa shape index (κ2) is 14.2. The van der Waals surface area contributed by atoms with E-state index in [1.807, 2.05) is 0 Å². The van der Waals surface area contributed by atoms with Gasteiger partial charge < -0.3 is 20.1 Å². The van der Waals surface area contributed by atoms with E-state index in [1.165, 1.54) is 51.5 Å². The molecule has 0 fully saturated rings. The maximum Gasteiger partial charge on any atom is 0.283 e. The molecule has 1 amide bonds. The summed E-state index contributed by atoms with van der Waals surface area (Å²) in [6.45, 7) is 0.938. The lowest BCUT2D eigenvalue weighted by Crippen LogP contribution is -2.13. The van der Waals surface area contributed by atoms with Crippen LogP contribution in [0, 0.1) is 0 Å². The van der Waals surface area contributed by atoms with Crippen molar-refractivity contribution in [3.63, 3.8) is 0 Å². The van der Waals surface area contributed by atoms with Gasteiger partial charge in [0.2, 0.25) is 5.91 Å². The molecule has 19 heteroatoms. The van der Waals surface area contributed by atoms with Crippen molar-refractivity contribution in [3.05, 3.63) is 30.3 Å². The third kappa shape index (κ3) is 9.68. The Morgan fingerprint density at radius 3 is 2.32 bits per heavy atom. The number of hydrogen-bond acceptors (Lipinski definition) is 15. The molecule has 4 N–H and O–H groups in total. The average Bonchev–Trinajstić information content (AvgIpc) is 2.85. The molecular weight excluding hydrogens is 572 g/mol. The van der Waals surface area contributed by atoms with Gasteiger partial charge in [-0.25, -0.2) is 13.7 Å². The van der Waals surface area contributed by atoms with E-state index in [4.69, 9.17) is 23.5 Å². The van der Waals surface area contributed by atoms with E-state index in [0.717, 1.165) is 0 Å². The van der Waals surface area contributed by atoms with Gasteiger partial charge in [-0.2, -0.15) is 8.42 Å². The quantitative estimate of drug-likeness (QED) is 0.0579. The van der Waals surface area contributed by atoms with Crippen molar-refractivity contribution < 1.29 is 54.5 Å². The number of nitrogens with one attached hydrogen (secondary N) is 2. The minimum Gasteiger partial charge on any atom is -0.495 e. The molecule has 0 aliphatic heterocycles. The fourth-order valence-corrected chi connectivity index (χ4v) is 4.73. The van der Waals surface area contributed by atoms with Crippen LogP contribution in [-0.4, -0.2) is 65.0 Å². The number of azo groups is 1. The maximum absolute atomic E-state index is 12.8. The van der Waals surface area contributed by atoms with Crippen molar-refractivity contribution in [3.8, 4) is 11.5 Å². The van der Waals surface area contributed by atoms with Crippen LogP contribution < -0.4 is 20.1 Å². The Hall–Kier alpha value is -3.04. The van der Waals surface area contributed by atoms with Crippen LogP contribution in [0.3, 0.4) is 0 Å². The predicted molar refractivity (Wildman–Crippen MR) is 135 cm³/mol. The molecule has 0 bridgehead atoms. The van der Waals surface area contributed by atoms with Crippen LogP contribution in [0.2, 0.25) is 0 Å². The first-order valence-corrected chi connectivity index (χ1v) is 14.1. The highest BCUT2D eigenvalue weighted by Gasteiger charge is 2.23. The summed E-state index contributed by atoms with van der Waals surface area (Å²) >= 11 is 0.235. The summed E-state index contributed by atoms with van der Waals surface area (Å²) in [4.78, 5) is 11.4. The second-order valence-corrected chi connectivity index (χ2v) is 11.1. The van der Waals surface area contributed by atoms with E-state index in [-0.39, 0.29) is 58.1 Å². The number of benzene rings is 2. The molecular formula is C19H24N4O12S3. The second-order valence-electron chi connectivity index (χ2n) is 7.04. The van der Waals surface area contributed by atoms with Crippen LogP contribution in [0.4, 0.5) is 22.7 Å². The van der Waals surface area contributed by atoms with Crippen molar-refractivity contribution in [2.75, 3.05) is 43.1 Å². The van der Waals surface area contributed by atoms with Gasteiger partial charge in [0, 0.05) is 24.7 Å². The molecule has 0 saturated carbocycles. The zero-order valence-electron chi connectivity index (χ0n) is 20.1. The number of ether oxygens (including phenoxy) is 2. The van der Waals surface area contributed by atoms with Gasteiger partial charge in [0.05, 0.1) is 32.3 Å². The van der Waals surface area contributed by atoms with Gasteiger partial charge in [0.15, 0.2) is 22.2 Å². The molecule has 0 spiro atoms. The SMILES string of the molecule is COc1cc(S(=O)(=O)CCOSOOO)c(OC)cc1/N=N/c1ccc(NCS(=O)(=O)O)cc1NC(C)=O. The van der Waals surface area contributed by atoms with Crippen molar-refractivity contribution in [1.82, 2.24) is 0 Å². The highest BCUT2D eigenvalue weighted by Crippen LogP contribution is 2.39. The Morgan fingerprint density at radius 1 is 1.03 bits per heavy atom. The Kier molecular flexibility index (Phi) is 11.7. The van der Waals surface area contributed by atoms with Crippen molar-refractivity contribution in [2.45, 2.75) is 11.8 Å². The summed E-state index contributed by atoms with van der Waals surface area (Å²) in [5.41, 5.74) is 0.683. The fraction of sp³-hybridized carbons (Fsp3) is 0.316. The van der Waals surface area contributed by atoms with E-state index in [2.05, 4.69) is 30.2 Å². The number of nitrogens with zero attached hydrogens (tertiary/aromatic N) is 2. The lowest BCUT2D eigenvalue weighted by atomic mass is 10.2. The summed E-state index contributed by atoms with van der Waals surface area (Å²) in [6, 6.07) is 6.73. The highest BCUT2D eigenvalue weighted by molar-refractivity contribution is 7.91. The zero-order chi connectivity index (χ0) is 28.3. The van der Waals surface area contributed by atoms with Gasteiger partial charge in [-0.05, 0) is 18.2 Å². The molecule has 0 aromatic heterocycles. The molecule has 38 heavy (non-hydrogen) atoms. The minimum atomic E-state index is -4.29. The van der Waals surface area contributed by atoms with Crippen LogP contribution in [0.5, 0.6) is 11.5 Å². The average molecular weight is 597 g/mol. The number of anilines is 2. The van der Waals surface area contributed by atoms with E-state index in [0.29, 0.717) is 0 Å². The number of carbonyl (C=O) groups excluding carboxylic acids is 1. The molecule has 0 atom stereocenters. The van der Waals surface area contributed by atoms with Crippen LogP contribution in [0.1, 0.15) is 6.92 Å². The van der Waals surface area contributed by atoms with Crippen LogP contribution in [0.15, 0.2) is 45.5 Å². The normalized spacial score (nSPS) is 11.9. The monoisotopic (exact) mass is 596 g/mol. The Balaban J connectivity index is 2.38. The predicted octanol–water partition coefficient (Wildman–Crippen LogP) is 3.11. The van der Waals surface area contributed by atoms with Crippen LogP contribution in [0.25, 0.3) is 0 Å². The molecule has 0 saturated heterocycles. The molecule has 2 aromatic rings. The van der Waals surface area contributed by atoms with Gasteiger partial charge in [0.25, 0.3) is 10.1 Å². The Morgan fingerprint density at radius 2 is 1.71 bits per heavy atom. The van der Waals surface area contributed by atoms with Crippen molar-refractivity contribution in [1.29, 1.82) is 0 Å². The summed E-state index contributed by atoms with van der Waals surface area (Å²) in [7, 11) is -5.68. The minimum absolute atomic E-state index is 0.0351. The van der Waals surface area contributed by atoms with Crippen molar-refractivity contribution >= 4 is 60.9 Å². The number of methoxy groups -OCH3 is 2. The van der Waals surface area contributed by atoms with Crippen LogP contribution >= 0.6 is 12.3 Å². The molecule has 210 valence electrons. The summed E-state index contributed by atoms with van der Waals surface area (Å²) in [6.07, 6.45) is 0. The smallest absolute Gasteiger partial charge is 0.283 e. The van der Waals surface area contributed by atoms with E-state index in [1.54, 1.807) is 0 Å². The summed E-state index contributed by atoms with van der Waals surface area (Å²) < 4.78 is 75.8. The van der Waals surface area contributed by atoms with E-state index < -0.39 is 37.5 Å². The molecule has 0 aliphatic rings. The molecule has 0 heterocycles. The lowest BCUT2D eigenvalue weighted by molar-refractivity contribution is -0.434. The maximum atomic E-state index is 12.8. The summed E-state index contributed by atoms with van der Waals surface area (Å²) in [5, 5.41) is 24.6. The van der Waals surface area contributed by atoms with Gasteiger partial charge in [0.1, 0.15) is 33.6 Å². The molecule has 2 rings (SSSR count). The van der Waals surface area contributed by atoms with Gasteiger partial charge in [-0.15, -0.1) is 14.6 Å². The van der Waals surface area contributed by atoms with E-state index in [9.17, 15) is 21.6 Å². The number of carbonyl (C=O) groups is 1. The van der Waals surface area contributed by atoms with Gasteiger partial charge >= 0.3 is 0 Å². The van der Waals surface area contributed by atoms with Gasteiger partial charge in [-0.3, -0.25) is 13.5 Å². The number of amides is 1. The highest BCUT2D eigenvalue weighted by atomic mass is 32.2. The lowest BCUT2D eigenvalue weighted by Gasteiger charge is -2.13. The molecule has 0 aliphatic carbocycles. The Labute approximate surface area is 222 Å². The first-order chi connectivity index (χ1) is 17.9. The van der Waals surface area contributed by atoms with Crippen LogP contribution in [-0.2, 0) is 38.3 Å². The standard InChI is InChI=1S/C19H24N4O12S3/c1-12(24)21-15-8-13(20-11-38(28,29)30)4-5-14(15)22-23-16-9-18(32-3)19(10-17(16)31-2)37(26,27)7-6-33-36-35-34-25/h4-5,8-10,20,25H,6-7,11H2,1-3H3,(H,21,24)(H,28,29,30)/b23-22+. The molecule has 16 nitrogen and oxygen atoms in total. The largest absolute Gasteiger partial charge is 0.495 e. The number of sulfone groups is 1. The fourth-order valence-electron chi connectivity index (χ4n) is 2.80.